The molecule has 1 aromatic rings. The van der Waals surface area contributed by atoms with Crippen molar-refractivity contribution in [3.05, 3.63) is 35.4 Å². The first-order valence-electron chi connectivity index (χ1n) is 9.96. The fraction of sp³-hybridized carbons (Fsp3) is 0.619. The highest BCUT2D eigenvalue weighted by molar-refractivity contribution is 5.92. The van der Waals surface area contributed by atoms with Crippen LogP contribution in [0.4, 0.5) is 0 Å². The first-order chi connectivity index (χ1) is 12.6. The smallest absolute Gasteiger partial charge is 0.248 e. The molecule has 1 amide bonds. The number of nitrogens with one attached hydrogen (secondary N) is 1. The van der Waals surface area contributed by atoms with E-state index in [9.17, 15) is 4.79 Å². The summed E-state index contributed by atoms with van der Waals surface area (Å²) in [5.41, 5.74) is 7.46. The van der Waals surface area contributed by atoms with E-state index in [1.165, 1.54) is 51.4 Å². The zero-order valence-electron chi connectivity index (χ0n) is 16.0. The van der Waals surface area contributed by atoms with E-state index in [4.69, 9.17) is 5.73 Å². The van der Waals surface area contributed by atoms with Crippen LogP contribution in [-0.2, 0) is 6.54 Å². The lowest BCUT2D eigenvalue weighted by molar-refractivity contribution is 0.1000. The monoisotopic (exact) mass is 356 g/mol. The van der Waals surface area contributed by atoms with Gasteiger partial charge in [-0.2, -0.15) is 0 Å². The van der Waals surface area contributed by atoms with E-state index >= 15 is 0 Å². The van der Waals surface area contributed by atoms with Gasteiger partial charge in [-0.05, 0) is 48.8 Å². The van der Waals surface area contributed by atoms with Gasteiger partial charge >= 0.3 is 0 Å². The summed E-state index contributed by atoms with van der Waals surface area (Å²) in [6.45, 7) is 2.84. The van der Waals surface area contributed by atoms with Gasteiger partial charge in [0.15, 0.2) is 5.96 Å². The van der Waals surface area contributed by atoms with Crippen molar-refractivity contribution in [3.8, 4) is 0 Å². The van der Waals surface area contributed by atoms with Gasteiger partial charge < -0.3 is 16.0 Å². The van der Waals surface area contributed by atoms with Crippen LogP contribution in [-0.4, -0.2) is 36.9 Å². The number of carbonyl (C=O) groups excluding carboxylic acids is 1. The van der Waals surface area contributed by atoms with E-state index in [0.29, 0.717) is 17.5 Å². The number of primary amides is 1. The number of aliphatic imine (C=N–C) groups is 1. The maximum Gasteiger partial charge on any atom is 0.248 e. The minimum atomic E-state index is -0.387. The lowest BCUT2D eigenvalue weighted by Crippen LogP contribution is -2.50. The Hall–Kier alpha value is -2.04. The standard InChI is InChI=1S/C21H32N4O/c1-23-20(24-15-17-8-6-9-18(14-17)19(22)26)25-13-7-12-21(16-25)10-4-2-3-5-11-21/h6,8-9,14H,2-5,7,10-13,15-16H2,1H3,(H2,22,26)(H,23,24). The van der Waals surface area contributed by atoms with Crippen molar-refractivity contribution in [3.63, 3.8) is 0 Å². The van der Waals surface area contributed by atoms with Crippen molar-refractivity contribution < 1.29 is 4.79 Å². The fourth-order valence-electron chi connectivity index (χ4n) is 4.62. The minimum absolute atomic E-state index is 0.387. The lowest BCUT2D eigenvalue weighted by Gasteiger charge is -2.44. The molecular weight excluding hydrogens is 324 g/mol. The summed E-state index contributed by atoms with van der Waals surface area (Å²) in [5, 5.41) is 3.48. The minimum Gasteiger partial charge on any atom is -0.366 e. The number of hydrogen-bond donors (Lipinski definition) is 2. The molecule has 0 radical (unpaired) electrons. The highest BCUT2D eigenvalue weighted by Crippen LogP contribution is 2.42. The first kappa shape index (κ1) is 18.7. The second kappa shape index (κ2) is 8.56. The van der Waals surface area contributed by atoms with Crippen molar-refractivity contribution in [2.75, 3.05) is 20.1 Å². The SMILES string of the molecule is CN=C(NCc1cccc(C(N)=O)c1)N1CCCC2(CCCCCC2)C1. The van der Waals surface area contributed by atoms with E-state index in [0.717, 1.165) is 24.6 Å². The van der Waals surface area contributed by atoms with Gasteiger partial charge in [0.2, 0.25) is 5.91 Å². The Morgan fingerprint density at radius 3 is 2.62 bits per heavy atom. The Morgan fingerprint density at radius 2 is 1.92 bits per heavy atom. The van der Waals surface area contributed by atoms with Gasteiger partial charge in [0.25, 0.3) is 0 Å². The fourth-order valence-corrected chi connectivity index (χ4v) is 4.62. The number of benzene rings is 1. The molecule has 0 bridgehead atoms. The molecule has 0 unspecified atom stereocenters. The van der Waals surface area contributed by atoms with E-state index in [1.807, 2.05) is 25.2 Å². The Morgan fingerprint density at radius 1 is 1.19 bits per heavy atom. The topological polar surface area (TPSA) is 70.7 Å². The Balaban J connectivity index is 1.63. The molecule has 0 aromatic heterocycles. The molecule has 0 atom stereocenters. The first-order valence-corrected chi connectivity index (χ1v) is 9.96. The zero-order valence-corrected chi connectivity index (χ0v) is 16.0. The number of rotatable bonds is 3. The van der Waals surface area contributed by atoms with Gasteiger partial charge in [-0.15, -0.1) is 0 Å². The molecule has 26 heavy (non-hydrogen) atoms. The second-order valence-electron chi connectivity index (χ2n) is 7.90. The van der Waals surface area contributed by atoms with Crippen molar-refractivity contribution in [2.24, 2.45) is 16.1 Å². The van der Waals surface area contributed by atoms with Crippen molar-refractivity contribution >= 4 is 11.9 Å². The number of hydrogen-bond acceptors (Lipinski definition) is 2. The number of amides is 1. The van der Waals surface area contributed by atoms with Crippen LogP contribution in [0.15, 0.2) is 29.3 Å². The summed E-state index contributed by atoms with van der Waals surface area (Å²) >= 11 is 0. The average Bonchev–Trinajstić information content (AvgIpc) is 2.88. The quantitative estimate of drug-likeness (QED) is 0.645. The zero-order chi connectivity index (χ0) is 18.4. The predicted molar refractivity (Wildman–Crippen MR) is 106 cm³/mol. The highest BCUT2D eigenvalue weighted by Gasteiger charge is 2.36. The summed E-state index contributed by atoms with van der Waals surface area (Å²) in [6, 6.07) is 7.49. The molecule has 3 N–H and O–H groups in total. The number of guanidine groups is 1. The van der Waals surface area contributed by atoms with Gasteiger partial charge in [0.05, 0.1) is 0 Å². The Labute approximate surface area is 157 Å². The maximum atomic E-state index is 11.4. The highest BCUT2D eigenvalue weighted by atomic mass is 16.1. The number of piperidine rings is 1. The van der Waals surface area contributed by atoms with Crippen LogP contribution in [0.1, 0.15) is 67.3 Å². The van der Waals surface area contributed by atoms with Gasteiger partial charge in [-0.25, -0.2) is 0 Å². The molecule has 1 aromatic carbocycles. The summed E-state index contributed by atoms with van der Waals surface area (Å²) in [7, 11) is 1.86. The van der Waals surface area contributed by atoms with Crippen LogP contribution in [0.2, 0.25) is 0 Å². The number of likely N-dealkylation sites (tertiary alicyclic amines) is 1. The lowest BCUT2D eigenvalue weighted by atomic mass is 9.74. The average molecular weight is 357 g/mol. The van der Waals surface area contributed by atoms with Crippen LogP contribution in [0.25, 0.3) is 0 Å². The van der Waals surface area contributed by atoms with Gasteiger partial charge in [-0.3, -0.25) is 9.79 Å². The summed E-state index contributed by atoms with van der Waals surface area (Å²) in [6.07, 6.45) is 10.9. The number of nitrogens with two attached hydrogens (primary N) is 1. The molecule has 2 fully saturated rings. The van der Waals surface area contributed by atoms with Crippen molar-refractivity contribution in [2.45, 2.75) is 57.9 Å². The van der Waals surface area contributed by atoms with E-state index in [2.05, 4.69) is 15.2 Å². The van der Waals surface area contributed by atoms with Crippen molar-refractivity contribution in [1.29, 1.82) is 0 Å². The third-order valence-electron chi connectivity index (χ3n) is 6.00. The second-order valence-corrected chi connectivity index (χ2v) is 7.90. The molecule has 1 aliphatic heterocycles. The van der Waals surface area contributed by atoms with Gasteiger partial charge in [0.1, 0.15) is 0 Å². The Kier molecular flexibility index (Phi) is 6.17. The third-order valence-corrected chi connectivity index (χ3v) is 6.00. The van der Waals surface area contributed by atoms with E-state index in [1.54, 1.807) is 6.07 Å². The van der Waals surface area contributed by atoms with E-state index < -0.39 is 0 Å². The Bertz CT molecular complexity index is 647. The van der Waals surface area contributed by atoms with Crippen LogP contribution in [0.3, 0.4) is 0 Å². The van der Waals surface area contributed by atoms with Crippen LogP contribution in [0.5, 0.6) is 0 Å². The largest absolute Gasteiger partial charge is 0.366 e. The summed E-state index contributed by atoms with van der Waals surface area (Å²) in [4.78, 5) is 18.3. The normalized spacial score (nSPS) is 20.7. The molecule has 2 aliphatic rings. The maximum absolute atomic E-state index is 11.4. The molecule has 1 saturated carbocycles. The molecule has 1 aliphatic carbocycles. The molecule has 1 spiro atoms. The number of carbonyl (C=O) groups is 1. The molecular formula is C21H32N4O. The van der Waals surface area contributed by atoms with Gasteiger partial charge in [0, 0.05) is 32.2 Å². The summed E-state index contributed by atoms with van der Waals surface area (Å²) in [5.74, 6) is 0.584. The van der Waals surface area contributed by atoms with Crippen LogP contribution in [0, 0.1) is 5.41 Å². The van der Waals surface area contributed by atoms with Crippen LogP contribution >= 0.6 is 0 Å². The van der Waals surface area contributed by atoms with Gasteiger partial charge in [-0.1, -0.05) is 37.8 Å². The predicted octanol–water partition coefficient (Wildman–Crippen LogP) is 3.30. The van der Waals surface area contributed by atoms with Crippen LogP contribution < -0.4 is 11.1 Å². The molecule has 5 nitrogen and oxygen atoms in total. The summed E-state index contributed by atoms with van der Waals surface area (Å²) < 4.78 is 0. The molecule has 5 heteroatoms. The molecule has 1 saturated heterocycles. The number of nitrogens with zero attached hydrogens (tertiary/aromatic N) is 2. The molecule has 3 rings (SSSR count). The third kappa shape index (κ3) is 4.57. The van der Waals surface area contributed by atoms with Crippen molar-refractivity contribution in [1.82, 2.24) is 10.2 Å². The van der Waals surface area contributed by atoms with E-state index in [-0.39, 0.29) is 5.91 Å². The molecule has 142 valence electrons. The molecule has 1 heterocycles.